The molecule has 92 valence electrons. The van der Waals surface area contributed by atoms with E-state index in [9.17, 15) is 18.4 Å². The molecule has 0 aliphatic heterocycles. The van der Waals surface area contributed by atoms with Crippen LogP contribution in [0.5, 0.6) is 5.75 Å². The molecule has 0 radical (unpaired) electrons. The second kappa shape index (κ2) is 5.38. The molecule has 0 bridgehead atoms. The molecule has 0 aliphatic rings. The van der Waals surface area contributed by atoms with Gasteiger partial charge in [-0.3, -0.25) is 9.59 Å². The van der Waals surface area contributed by atoms with E-state index in [1.165, 1.54) is 12.1 Å². The van der Waals surface area contributed by atoms with Crippen molar-refractivity contribution in [3.8, 4) is 5.75 Å². The van der Waals surface area contributed by atoms with Crippen molar-refractivity contribution in [1.29, 1.82) is 0 Å². The van der Waals surface area contributed by atoms with Crippen molar-refractivity contribution in [2.45, 2.75) is 20.0 Å². The number of rotatable bonds is 5. The summed E-state index contributed by atoms with van der Waals surface area (Å²) in [4.78, 5) is 21.4. The van der Waals surface area contributed by atoms with Gasteiger partial charge in [0.25, 0.3) is 0 Å². The Bertz CT molecular complexity index is 443. The zero-order chi connectivity index (χ0) is 13.0. The Morgan fingerprint density at radius 2 is 2.18 bits per heavy atom. The summed E-state index contributed by atoms with van der Waals surface area (Å²) in [7, 11) is 0. The molecule has 0 aliphatic carbocycles. The van der Waals surface area contributed by atoms with Crippen LogP contribution in [0.1, 0.15) is 21.5 Å². The second-order valence-corrected chi connectivity index (χ2v) is 3.40. The first-order valence-corrected chi connectivity index (χ1v) is 4.69. The predicted molar refractivity (Wildman–Crippen MR) is 54.5 cm³/mol. The first kappa shape index (κ1) is 13.1. The number of ether oxygens (including phenoxy) is 1. The number of alkyl halides is 2. The topological polar surface area (TPSA) is 63.6 Å². The van der Waals surface area contributed by atoms with Crippen molar-refractivity contribution in [2.75, 3.05) is 0 Å². The smallest absolute Gasteiger partial charge is 0.387 e. The van der Waals surface area contributed by atoms with Crippen LogP contribution in [0.4, 0.5) is 8.78 Å². The molecular formula is C11H10F2O4. The third kappa shape index (κ3) is 3.51. The van der Waals surface area contributed by atoms with E-state index in [2.05, 4.69) is 4.74 Å². The predicted octanol–water partition coefficient (Wildman–Crippen LogP) is 2.04. The Labute approximate surface area is 95.8 Å². The van der Waals surface area contributed by atoms with Gasteiger partial charge in [-0.2, -0.15) is 8.78 Å². The van der Waals surface area contributed by atoms with Gasteiger partial charge in [-0.1, -0.05) is 0 Å². The number of aldehydes is 1. The first-order valence-electron chi connectivity index (χ1n) is 4.69. The van der Waals surface area contributed by atoms with Gasteiger partial charge in [-0.15, -0.1) is 0 Å². The van der Waals surface area contributed by atoms with Crippen LogP contribution in [0.3, 0.4) is 0 Å². The van der Waals surface area contributed by atoms with Gasteiger partial charge in [0.15, 0.2) is 0 Å². The molecule has 0 spiro atoms. The Morgan fingerprint density at radius 1 is 1.53 bits per heavy atom. The van der Waals surface area contributed by atoms with Crippen molar-refractivity contribution in [3.63, 3.8) is 0 Å². The summed E-state index contributed by atoms with van der Waals surface area (Å²) in [6.07, 6.45) is -0.125. The molecule has 1 N–H and O–H groups in total. The number of hydrogen-bond donors (Lipinski definition) is 1. The molecule has 0 amide bonds. The lowest BCUT2D eigenvalue weighted by molar-refractivity contribution is -0.136. The number of carbonyl (C=O) groups is 2. The highest BCUT2D eigenvalue weighted by Crippen LogP contribution is 2.26. The summed E-state index contributed by atoms with van der Waals surface area (Å²) in [5, 5.41) is 8.66. The number of carbonyl (C=O) groups excluding carboxylic acids is 1. The van der Waals surface area contributed by atoms with E-state index >= 15 is 0 Å². The highest BCUT2D eigenvalue weighted by atomic mass is 19.3. The van der Waals surface area contributed by atoms with Crippen molar-refractivity contribution >= 4 is 12.3 Å². The maximum Gasteiger partial charge on any atom is 0.387 e. The highest BCUT2D eigenvalue weighted by Gasteiger charge is 2.16. The Kier molecular flexibility index (Phi) is 4.14. The minimum atomic E-state index is -3.07. The maximum atomic E-state index is 12.1. The number of aliphatic carboxylic acids is 1. The van der Waals surface area contributed by atoms with E-state index in [0.29, 0.717) is 11.8 Å². The molecule has 1 aromatic rings. The molecule has 0 heterocycles. The number of aryl methyl sites for hydroxylation is 1. The molecule has 0 aromatic heterocycles. The molecule has 0 saturated carbocycles. The average Bonchev–Trinajstić information content (AvgIpc) is 2.20. The van der Waals surface area contributed by atoms with Crippen molar-refractivity contribution in [1.82, 2.24) is 0 Å². The normalized spacial score (nSPS) is 10.4. The van der Waals surface area contributed by atoms with Gasteiger partial charge in [-0.25, -0.2) is 0 Å². The van der Waals surface area contributed by atoms with Gasteiger partial charge in [0, 0.05) is 11.1 Å². The number of benzene rings is 1. The van der Waals surface area contributed by atoms with Gasteiger partial charge in [0.1, 0.15) is 12.0 Å². The summed E-state index contributed by atoms with van der Waals surface area (Å²) in [5.41, 5.74) is 0.540. The zero-order valence-corrected chi connectivity index (χ0v) is 8.94. The summed E-state index contributed by atoms with van der Waals surface area (Å²) in [6, 6.07) is 2.70. The summed E-state index contributed by atoms with van der Waals surface area (Å²) in [5.74, 6) is -1.50. The van der Waals surface area contributed by atoms with E-state index in [4.69, 9.17) is 5.11 Å². The Morgan fingerprint density at radius 3 is 2.65 bits per heavy atom. The van der Waals surface area contributed by atoms with Crippen LogP contribution >= 0.6 is 0 Å². The summed E-state index contributed by atoms with van der Waals surface area (Å²) in [6.45, 7) is -1.47. The lowest BCUT2D eigenvalue weighted by Crippen LogP contribution is -2.10. The van der Waals surface area contributed by atoms with Gasteiger partial charge < -0.3 is 9.84 Å². The second-order valence-electron chi connectivity index (χ2n) is 3.40. The Balaban J connectivity index is 3.27. The van der Waals surface area contributed by atoms with E-state index in [0.717, 1.165) is 0 Å². The highest BCUT2D eigenvalue weighted by molar-refractivity contribution is 5.83. The average molecular weight is 244 g/mol. The molecule has 1 rings (SSSR count). The van der Waals surface area contributed by atoms with Crippen LogP contribution in [0, 0.1) is 6.92 Å². The monoisotopic (exact) mass is 244 g/mol. The number of carboxylic acid groups (broad SMARTS) is 1. The summed E-state index contributed by atoms with van der Waals surface area (Å²) >= 11 is 0. The molecule has 0 atom stereocenters. The van der Waals surface area contributed by atoms with Crippen molar-refractivity contribution in [3.05, 3.63) is 28.8 Å². The fourth-order valence-electron chi connectivity index (χ4n) is 1.46. The van der Waals surface area contributed by atoms with Gasteiger partial charge >= 0.3 is 12.6 Å². The third-order valence-corrected chi connectivity index (χ3v) is 2.06. The van der Waals surface area contributed by atoms with E-state index < -0.39 is 19.0 Å². The van der Waals surface area contributed by atoms with Crippen LogP contribution in [-0.2, 0) is 11.2 Å². The molecule has 17 heavy (non-hydrogen) atoms. The molecule has 4 nitrogen and oxygen atoms in total. The molecule has 1 aromatic carbocycles. The largest absolute Gasteiger partial charge is 0.481 e. The van der Waals surface area contributed by atoms with E-state index in [1.807, 2.05) is 0 Å². The minimum absolute atomic E-state index is 0.0431. The Hall–Kier alpha value is -1.98. The van der Waals surface area contributed by atoms with Gasteiger partial charge in [-0.05, 0) is 24.6 Å². The third-order valence-electron chi connectivity index (χ3n) is 2.06. The van der Waals surface area contributed by atoms with Crippen LogP contribution in [-0.4, -0.2) is 24.0 Å². The molecular weight excluding hydrogens is 234 g/mol. The molecule has 0 saturated heterocycles. The van der Waals surface area contributed by atoms with Crippen LogP contribution in [0.25, 0.3) is 0 Å². The number of hydrogen-bond acceptors (Lipinski definition) is 3. The quantitative estimate of drug-likeness (QED) is 0.805. The van der Waals surface area contributed by atoms with Crippen LogP contribution < -0.4 is 4.74 Å². The fourth-order valence-corrected chi connectivity index (χ4v) is 1.46. The van der Waals surface area contributed by atoms with E-state index in [-0.39, 0.29) is 16.9 Å². The fraction of sp³-hybridized carbons (Fsp3) is 0.273. The number of halogens is 2. The SMILES string of the molecule is Cc1cc(C=O)c(CC(=O)O)c(OC(F)F)c1. The van der Waals surface area contributed by atoms with Gasteiger partial charge in [0.2, 0.25) is 0 Å². The summed E-state index contributed by atoms with van der Waals surface area (Å²) < 4.78 is 28.5. The minimum Gasteiger partial charge on any atom is -0.481 e. The first-order chi connectivity index (χ1) is 7.93. The lowest BCUT2D eigenvalue weighted by Gasteiger charge is -2.12. The molecule has 0 unspecified atom stereocenters. The van der Waals surface area contributed by atoms with Crippen molar-refractivity contribution in [2.24, 2.45) is 0 Å². The molecule has 0 fully saturated rings. The van der Waals surface area contributed by atoms with Crippen LogP contribution in [0.2, 0.25) is 0 Å². The van der Waals surface area contributed by atoms with Crippen LogP contribution in [0.15, 0.2) is 12.1 Å². The maximum absolute atomic E-state index is 12.1. The van der Waals surface area contributed by atoms with Gasteiger partial charge in [0.05, 0.1) is 6.42 Å². The standard InChI is InChI=1S/C11H10F2O4/c1-6-2-7(5-14)8(4-10(15)16)9(3-6)17-11(12)13/h2-3,5,11H,4H2,1H3,(H,15,16). The zero-order valence-electron chi connectivity index (χ0n) is 8.94. The lowest BCUT2D eigenvalue weighted by atomic mass is 10.0. The van der Waals surface area contributed by atoms with E-state index in [1.54, 1.807) is 6.92 Å². The van der Waals surface area contributed by atoms with Crippen molar-refractivity contribution < 1.29 is 28.2 Å². The number of carboxylic acids is 1. The molecule has 6 heteroatoms.